The van der Waals surface area contributed by atoms with Crippen molar-refractivity contribution >= 4 is 18.0 Å². The Hall–Kier alpha value is -4.21. The Kier molecular flexibility index (Phi) is 6.86. The molecule has 0 spiro atoms. The lowest BCUT2D eigenvalue weighted by atomic mass is 9.98. The van der Waals surface area contributed by atoms with Crippen molar-refractivity contribution in [3.63, 3.8) is 0 Å². The molecule has 3 aromatic rings. The molecule has 1 aliphatic carbocycles. The van der Waals surface area contributed by atoms with Crippen molar-refractivity contribution in [2.24, 2.45) is 0 Å². The first-order valence-corrected chi connectivity index (χ1v) is 11.0. The largest absolute Gasteiger partial charge is 0.480 e. The van der Waals surface area contributed by atoms with Crippen LogP contribution in [0.5, 0.6) is 0 Å². The number of nitrogens with zero attached hydrogens (tertiary/aromatic N) is 3. The number of fused-ring (bicyclic) bond motifs is 3. The fourth-order valence-corrected chi connectivity index (χ4v) is 4.07. The van der Waals surface area contributed by atoms with Gasteiger partial charge in [0.2, 0.25) is 5.91 Å². The van der Waals surface area contributed by atoms with E-state index in [2.05, 4.69) is 33.1 Å². The van der Waals surface area contributed by atoms with Crippen LogP contribution in [0, 0.1) is 0 Å². The molecule has 1 unspecified atom stereocenters. The summed E-state index contributed by atoms with van der Waals surface area (Å²) in [6.45, 7) is 1.67. The number of carbonyl (C=O) groups is 3. The number of alkyl carbamates (subject to hydrolysis) is 1. The Bertz CT molecular complexity index is 1160. The van der Waals surface area contributed by atoms with Crippen LogP contribution in [0.3, 0.4) is 0 Å². The van der Waals surface area contributed by atoms with E-state index in [4.69, 9.17) is 9.84 Å². The van der Waals surface area contributed by atoms with Gasteiger partial charge in [-0.3, -0.25) is 9.59 Å². The predicted molar refractivity (Wildman–Crippen MR) is 122 cm³/mol. The molecule has 0 fully saturated rings. The normalized spacial score (nSPS) is 13.0. The molecule has 1 atom stereocenters. The summed E-state index contributed by atoms with van der Waals surface area (Å²) in [6, 6.07) is 15.3. The molecule has 10 heteroatoms. The van der Waals surface area contributed by atoms with Gasteiger partial charge in [0.05, 0.1) is 12.7 Å². The Balaban J connectivity index is 1.31. The molecule has 4 rings (SSSR count). The lowest BCUT2D eigenvalue weighted by molar-refractivity contribution is -0.138. The van der Waals surface area contributed by atoms with Gasteiger partial charge in [0.15, 0.2) is 0 Å². The van der Waals surface area contributed by atoms with E-state index in [0.29, 0.717) is 12.1 Å². The molecule has 2 amide bonds. The lowest BCUT2D eigenvalue weighted by Gasteiger charge is -2.18. The highest BCUT2D eigenvalue weighted by atomic mass is 16.5. The van der Waals surface area contributed by atoms with Gasteiger partial charge < -0.3 is 20.5 Å². The van der Waals surface area contributed by atoms with Crippen molar-refractivity contribution in [1.29, 1.82) is 0 Å². The van der Waals surface area contributed by atoms with Crippen LogP contribution in [0.2, 0.25) is 0 Å². The van der Waals surface area contributed by atoms with Crippen molar-refractivity contribution in [2.75, 3.05) is 6.61 Å². The number of aromatic nitrogens is 3. The summed E-state index contributed by atoms with van der Waals surface area (Å²) in [5.74, 6) is -1.51. The van der Waals surface area contributed by atoms with Crippen molar-refractivity contribution in [1.82, 2.24) is 25.6 Å². The third-order valence-corrected chi connectivity index (χ3v) is 5.69. The molecule has 0 saturated carbocycles. The minimum atomic E-state index is -1.04. The maximum atomic E-state index is 12.5. The Morgan fingerprint density at radius 3 is 2.35 bits per heavy atom. The summed E-state index contributed by atoms with van der Waals surface area (Å²) in [5, 5.41) is 21.6. The van der Waals surface area contributed by atoms with E-state index in [9.17, 15) is 14.4 Å². The first-order valence-electron chi connectivity index (χ1n) is 11.0. The Labute approximate surface area is 195 Å². The molecule has 1 heterocycles. The number of ether oxygens (including phenoxy) is 1. The van der Waals surface area contributed by atoms with Gasteiger partial charge in [-0.1, -0.05) is 60.7 Å². The molecule has 0 bridgehead atoms. The van der Waals surface area contributed by atoms with E-state index in [-0.39, 0.29) is 25.6 Å². The predicted octanol–water partition coefficient (Wildman–Crippen LogP) is 2.30. The number of nitrogens with one attached hydrogen (secondary N) is 2. The van der Waals surface area contributed by atoms with Crippen LogP contribution in [0.4, 0.5) is 4.79 Å². The number of aliphatic carboxylic acids is 1. The smallest absolute Gasteiger partial charge is 0.407 e. The minimum absolute atomic E-state index is 0.0569. The number of carbonyl (C=O) groups excluding carboxylic acids is 2. The summed E-state index contributed by atoms with van der Waals surface area (Å²) in [5.41, 5.74) is 4.90. The van der Waals surface area contributed by atoms with Gasteiger partial charge in [0.25, 0.3) is 0 Å². The number of carboxylic acids is 1. The molecule has 0 radical (unpaired) electrons. The van der Waals surface area contributed by atoms with E-state index in [1.54, 1.807) is 6.92 Å². The van der Waals surface area contributed by atoms with E-state index in [1.165, 1.54) is 6.20 Å². The van der Waals surface area contributed by atoms with Crippen LogP contribution in [0.1, 0.15) is 36.1 Å². The lowest BCUT2D eigenvalue weighted by Crippen LogP contribution is -2.46. The number of benzene rings is 2. The number of hydrogen-bond acceptors (Lipinski definition) is 6. The average molecular weight is 463 g/mol. The molecule has 0 aliphatic heterocycles. The molecule has 1 aromatic heterocycles. The van der Waals surface area contributed by atoms with Gasteiger partial charge in [0, 0.05) is 5.92 Å². The highest BCUT2D eigenvalue weighted by molar-refractivity contribution is 5.85. The van der Waals surface area contributed by atoms with E-state index in [1.807, 2.05) is 36.4 Å². The second kappa shape index (κ2) is 10.2. The van der Waals surface area contributed by atoms with Crippen LogP contribution >= 0.6 is 0 Å². The molecule has 1 aliphatic rings. The van der Waals surface area contributed by atoms with E-state index < -0.39 is 24.0 Å². The third-order valence-electron chi connectivity index (χ3n) is 5.69. The highest BCUT2D eigenvalue weighted by Gasteiger charge is 2.29. The second-order valence-corrected chi connectivity index (χ2v) is 7.95. The van der Waals surface area contributed by atoms with Gasteiger partial charge in [-0.05, 0) is 28.7 Å². The van der Waals surface area contributed by atoms with Crippen LogP contribution < -0.4 is 10.6 Å². The Morgan fingerprint density at radius 1 is 1.09 bits per heavy atom. The fourth-order valence-electron chi connectivity index (χ4n) is 4.07. The number of carboxylic acid groups (broad SMARTS) is 1. The average Bonchev–Trinajstić information content (AvgIpc) is 3.41. The molecule has 2 aromatic carbocycles. The molecule has 0 saturated heterocycles. The summed E-state index contributed by atoms with van der Waals surface area (Å²) in [4.78, 5) is 35.7. The van der Waals surface area contributed by atoms with Gasteiger partial charge in [-0.2, -0.15) is 0 Å². The zero-order valence-electron chi connectivity index (χ0n) is 18.6. The third kappa shape index (κ3) is 5.06. The van der Waals surface area contributed by atoms with Crippen molar-refractivity contribution in [3.8, 4) is 11.1 Å². The monoisotopic (exact) mass is 463 g/mol. The van der Waals surface area contributed by atoms with Crippen LogP contribution in [0.15, 0.2) is 54.7 Å². The maximum Gasteiger partial charge on any atom is 0.407 e. The summed E-state index contributed by atoms with van der Waals surface area (Å²) in [6.07, 6.45) is 1.13. The number of rotatable bonds is 9. The SMILES string of the molecule is CCC(NC(=O)OCC1c2ccccc2-c2ccccc21)C(=O)NCc1cn(CC(=O)O)nn1. The first kappa shape index (κ1) is 23.0. The zero-order chi connectivity index (χ0) is 24.1. The molecule has 10 nitrogen and oxygen atoms in total. The van der Waals surface area contributed by atoms with Crippen molar-refractivity contribution < 1.29 is 24.2 Å². The summed E-state index contributed by atoms with van der Waals surface area (Å²) >= 11 is 0. The summed E-state index contributed by atoms with van der Waals surface area (Å²) < 4.78 is 6.68. The van der Waals surface area contributed by atoms with Crippen LogP contribution in [-0.4, -0.2) is 50.7 Å². The quantitative estimate of drug-likeness (QED) is 0.443. The molecule has 176 valence electrons. The first-order chi connectivity index (χ1) is 16.5. The van der Waals surface area contributed by atoms with Crippen LogP contribution in [-0.2, 0) is 27.4 Å². The topological polar surface area (TPSA) is 135 Å². The number of hydrogen-bond donors (Lipinski definition) is 3. The van der Waals surface area contributed by atoms with Gasteiger partial charge in [-0.25, -0.2) is 9.48 Å². The van der Waals surface area contributed by atoms with E-state index in [0.717, 1.165) is 26.9 Å². The summed E-state index contributed by atoms with van der Waals surface area (Å²) in [7, 11) is 0. The fraction of sp³-hybridized carbons (Fsp3) is 0.292. The van der Waals surface area contributed by atoms with Gasteiger partial charge in [0.1, 0.15) is 24.9 Å². The maximum absolute atomic E-state index is 12.5. The van der Waals surface area contributed by atoms with Gasteiger partial charge >= 0.3 is 12.1 Å². The standard InChI is InChI=1S/C24H25N5O5/c1-2-21(23(32)25-11-15-12-29(28-27-15)13-22(30)31)26-24(33)34-14-20-18-9-5-3-7-16(18)17-8-4-6-10-19(17)20/h3-10,12,20-21H,2,11,13-14H2,1H3,(H,25,32)(H,26,33)(H,30,31). The second-order valence-electron chi connectivity index (χ2n) is 7.95. The zero-order valence-corrected chi connectivity index (χ0v) is 18.6. The Morgan fingerprint density at radius 2 is 1.74 bits per heavy atom. The molecular formula is C24H25N5O5. The van der Waals surface area contributed by atoms with E-state index >= 15 is 0 Å². The van der Waals surface area contributed by atoms with Gasteiger partial charge in [-0.15, -0.1) is 5.10 Å². The minimum Gasteiger partial charge on any atom is -0.480 e. The van der Waals surface area contributed by atoms with Crippen molar-refractivity contribution in [3.05, 3.63) is 71.5 Å². The highest BCUT2D eigenvalue weighted by Crippen LogP contribution is 2.44. The molecular weight excluding hydrogens is 438 g/mol. The van der Waals surface area contributed by atoms with Crippen molar-refractivity contribution in [2.45, 2.75) is 38.4 Å². The molecule has 34 heavy (non-hydrogen) atoms. The number of amides is 2. The van der Waals surface area contributed by atoms with Crippen LogP contribution in [0.25, 0.3) is 11.1 Å². The molecule has 3 N–H and O–H groups in total.